The lowest BCUT2D eigenvalue weighted by molar-refractivity contribution is -0.123. The van der Waals surface area contributed by atoms with E-state index in [4.69, 9.17) is 35.1 Å². The average Bonchev–Trinajstić information content (AvgIpc) is 2.24. The molecule has 0 heterocycles. The van der Waals surface area contributed by atoms with Gasteiger partial charge in [-0.3, -0.25) is 9.59 Å². The van der Waals surface area contributed by atoms with Gasteiger partial charge >= 0.3 is 0 Å². The number of rotatable bonds is 4. The molecule has 7 heteroatoms. The van der Waals surface area contributed by atoms with Crippen LogP contribution in [0.4, 0.5) is 0 Å². The van der Waals surface area contributed by atoms with Gasteiger partial charge in [-0.1, -0.05) is 6.92 Å². The minimum atomic E-state index is -0.667. The largest absolute Gasteiger partial charge is 0.483 e. The zero-order valence-corrected chi connectivity index (χ0v) is 8.54. The van der Waals surface area contributed by atoms with Gasteiger partial charge in [0.25, 0.3) is 12.9 Å². The van der Waals surface area contributed by atoms with Gasteiger partial charge in [0.1, 0.15) is 0 Å². The van der Waals surface area contributed by atoms with Crippen molar-refractivity contribution < 1.29 is 35.1 Å². The highest BCUT2D eigenvalue weighted by Gasteiger charge is 2.24. The highest BCUT2D eigenvalue weighted by molar-refractivity contribution is 5.32. The summed E-state index contributed by atoms with van der Waals surface area (Å²) < 4.78 is 0. The smallest absolute Gasteiger partial charge is 0.290 e. The SMILES string of the molecule is CCC(CO)(CO)CO.O=CO.O=CO. The second-order valence-electron chi connectivity index (χ2n) is 2.54. The molecular formula is C8H18O7. The fourth-order valence-corrected chi connectivity index (χ4v) is 0.485. The monoisotopic (exact) mass is 226 g/mol. The van der Waals surface area contributed by atoms with E-state index < -0.39 is 5.41 Å². The number of aliphatic hydroxyl groups is 3. The third kappa shape index (κ3) is 12.8. The van der Waals surface area contributed by atoms with Gasteiger partial charge in [-0.15, -0.1) is 0 Å². The average molecular weight is 226 g/mol. The molecule has 0 aliphatic heterocycles. The third-order valence-electron chi connectivity index (χ3n) is 1.76. The summed E-state index contributed by atoms with van der Waals surface area (Å²) in [6, 6.07) is 0. The van der Waals surface area contributed by atoms with Crippen molar-refractivity contribution >= 4 is 12.9 Å². The van der Waals surface area contributed by atoms with Crippen LogP contribution in [0.15, 0.2) is 0 Å². The molecule has 0 unspecified atom stereocenters. The second kappa shape index (κ2) is 15.3. The molecule has 0 saturated heterocycles. The third-order valence-corrected chi connectivity index (χ3v) is 1.76. The summed E-state index contributed by atoms with van der Waals surface area (Å²) in [5.41, 5.74) is -0.667. The molecule has 0 radical (unpaired) electrons. The van der Waals surface area contributed by atoms with Crippen LogP contribution in [0.1, 0.15) is 13.3 Å². The lowest BCUT2D eigenvalue weighted by Gasteiger charge is -2.24. The van der Waals surface area contributed by atoms with Gasteiger partial charge in [-0.2, -0.15) is 0 Å². The van der Waals surface area contributed by atoms with E-state index in [1.165, 1.54) is 0 Å². The molecule has 0 atom stereocenters. The molecule has 0 bridgehead atoms. The van der Waals surface area contributed by atoms with Crippen molar-refractivity contribution in [3.63, 3.8) is 0 Å². The van der Waals surface area contributed by atoms with E-state index in [0.29, 0.717) is 6.42 Å². The Labute approximate surface area is 87.6 Å². The predicted molar refractivity (Wildman–Crippen MR) is 51.4 cm³/mol. The fraction of sp³-hybridized carbons (Fsp3) is 0.750. The van der Waals surface area contributed by atoms with Crippen LogP contribution >= 0.6 is 0 Å². The zero-order chi connectivity index (χ0) is 12.7. The molecule has 0 amide bonds. The van der Waals surface area contributed by atoms with Gasteiger partial charge in [0.05, 0.1) is 19.8 Å². The lowest BCUT2D eigenvalue weighted by atomic mass is 9.88. The topological polar surface area (TPSA) is 135 Å². The predicted octanol–water partition coefficient (Wildman–Crippen LogP) is -1.24. The molecule has 0 aliphatic carbocycles. The Morgan fingerprint density at radius 3 is 1.13 bits per heavy atom. The van der Waals surface area contributed by atoms with Crippen LogP contribution in [0.25, 0.3) is 0 Å². The summed E-state index contributed by atoms with van der Waals surface area (Å²) in [5.74, 6) is 0. The first-order valence-corrected chi connectivity index (χ1v) is 4.06. The van der Waals surface area contributed by atoms with Crippen LogP contribution < -0.4 is 0 Å². The summed E-state index contributed by atoms with van der Waals surface area (Å²) in [6.07, 6.45) is 0.594. The van der Waals surface area contributed by atoms with Crippen molar-refractivity contribution in [3.8, 4) is 0 Å². The molecule has 0 spiro atoms. The van der Waals surface area contributed by atoms with Gasteiger partial charge in [0.2, 0.25) is 0 Å². The van der Waals surface area contributed by atoms with Crippen LogP contribution in [0.3, 0.4) is 0 Å². The lowest BCUT2D eigenvalue weighted by Crippen LogP contribution is -2.32. The maximum Gasteiger partial charge on any atom is 0.290 e. The molecule has 0 aliphatic rings. The summed E-state index contributed by atoms with van der Waals surface area (Å²) in [4.78, 5) is 16.7. The fourth-order valence-electron chi connectivity index (χ4n) is 0.485. The second-order valence-corrected chi connectivity index (χ2v) is 2.54. The highest BCUT2D eigenvalue weighted by atomic mass is 16.3. The van der Waals surface area contributed by atoms with Gasteiger partial charge < -0.3 is 25.5 Å². The Bertz CT molecular complexity index is 109. The first kappa shape index (κ1) is 19.4. The van der Waals surface area contributed by atoms with E-state index in [-0.39, 0.29) is 32.8 Å². The van der Waals surface area contributed by atoms with E-state index in [1.807, 2.05) is 6.92 Å². The molecule has 15 heavy (non-hydrogen) atoms. The van der Waals surface area contributed by atoms with Crippen molar-refractivity contribution in [1.82, 2.24) is 0 Å². The maximum atomic E-state index is 8.66. The van der Waals surface area contributed by atoms with Gasteiger partial charge in [-0.05, 0) is 6.42 Å². The Balaban J connectivity index is -0.000000200. The molecule has 5 N–H and O–H groups in total. The minimum Gasteiger partial charge on any atom is -0.483 e. The quantitative estimate of drug-likeness (QED) is 0.378. The van der Waals surface area contributed by atoms with Gasteiger partial charge in [0.15, 0.2) is 0 Å². The van der Waals surface area contributed by atoms with Crippen molar-refractivity contribution in [2.24, 2.45) is 5.41 Å². The van der Waals surface area contributed by atoms with E-state index in [2.05, 4.69) is 0 Å². The molecule has 0 rings (SSSR count). The van der Waals surface area contributed by atoms with Crippen LogP contribution in [-0.2, 0) is 9.59 Å². The van der Waals surface area contributed by atoms with E-state index in [1.54, 1.807) is 0 Å². The Kier molecular flexibility index (Phi) is 19.8. The minimum absolute atomic E-state index is 0.156. The Morgan fingerprint density at radius 1 is 0.933 bits per heavy atom. The summed E-state index contributed by atoms with van der Waals surface area (Å²) >= 11 is 0. The number of aliphatic hydroxyl groups excluding tert-OH is 3. The van der Waals surface area contributed by atoms with Crippen molar-refractivity contribution in [2.45, 2.75) is 13.3 Å². The highest BCUT2D eigenvalue weighted by Crippen LogP contribution is 2.18. The maximum absolute atomic E-state index is 8.66. The normalized spacial score (nSPS) is 8.80. The van der Waals surface area contributed by atoms with Crippen LogP contribution in [-0.4, -0.2) is 58.3 Å². The first-order chi connectivity index (χ1) is 7.07. The Hall–Kier alpha value is -1.18. The molecule has 7 nitrogen and oxygen atoms in total. The number of hydrogen-bond donors (Lipinski definition) is 5. The summed E-state index contributed by atoms with van der Waals surface area (Å²) in [7, 11) is 0. The van der Waals surface area contributed by atoms with E-state index in [9.17, 15) is 0 Å². The molecule has 0 fully saturated rings. The molecule has 0 aromatic carbocycles. The van der Waals surface area contributed by atoms with Gasteiger partial charge in [0, 0.05) is 5.41 Å². The van der Waals surface area contributed by atoms with Crippen LogP contribution in [0, 0.1) is 5.41 Å². The number of carboxylic acid groups (broad SMARTS) is 2. The van der Waals surface area contributed by atoms with Crippen molar-refractivity contribution in [3.05, 3.63) is 0 Å². The Morgan fingerprint density at radius 2 is 1.13 bits per heavy atom. The molecular weight excluding hydrogens is 208 g/mol. The molecule has 0 aromatic rings. The molecule has 0 saturated carbocycles. The first-order valence-electron chi connectivity index (χ1n) is 4.06. The van der Waals surface area contributed by atoms with Gasteiger partial charge in [-0.25, -0.2) is 0 Å². The standard InChI is InChI=1S/C6H14O3.2CH2O2/c1-2-6(3-7,4-8)5-9;2*2-1-3/h7-9H,2-5H2,1H3;2*1H,(H,2,3). The van der Waals surface area contributed by atoms with Crippen LogP contribution in [0.2, 0.25) is 0 Å². The summed E-state index contributed by atoms with van der Waals surface area (Å²) in [5, 5.41) is 39.7. The number of carbonyl (C=O) groups is 2. The summed E-state index contributed by atoms with van der Waals surface area (Å²) in [6.45, 7) is 0.853. The van der Waals surface area contributed by atoms with E-state index >= 15 is 0 Å². The zero-order valence-electron chi connectivity index (χ0n) is 8.54. The molecule has 92 valence electrons. The van der Waals surface area contributed by atoms with E-state index in [0.717, 1.165) is 0 Å². The molecule has 0 aromatic heterocycles. The van der Waals surface area contributed by atoms with Crippen molar-refractivity contribution in [2.75, 3.05) is 19.8 Å². The van der Waals surface area contributed by atoms with Crippen LogP contribution in [0.5, 0.6) is 0 Å². The van der Waals surface area contributed by atoms with Crippen molar-refractivity contribution in [1.29, 1.82) is 0 Å². The number of hydrogen-bond acceptors (Lipinski definition) is 5.